The SMILES string of the molecule is c1ccc2c(c1)-c1ccccc1-n1c3ccccc3c3cc4c(c-2c31)c1ccccc1n4-c1nc2c(nc1-c1ccc3c(c1)oc1ccccc13)sc1ccccc12. The van der Waals surface area contributed by atoms with Crippen LogP contribution in [0.4, 0.5) is 0 Å². The van der Waals surface area contributed by atoms with Crippen LogP contribution in [-0.4, -0.2) is 19.1 Å². The molecular formula is C52H28N4OS. The van der Waals surface area contributed by atoms with Crippen LogP contribution in [-0.2, 0) is 0 Å². The molecule has 0 spiro atoms. The maximum Gasteiger partial charge on any atom is 0.165 e. The monoisotopic (exact) mass is 756 g/mol. The number of nitrogens with zero attached hydrogens (tertiary/aromatic N) is 4. The van der Waals surface area contributed by atoms with E-state index >= 15 is 0 Å². The highest BCUT2D eigenvalue weighted by Crippen LogP contribution is 2.52. The van der Waals surface area contributed by atoms with Crippen molar-refractivity contribution in [1.82, 2.24) is 19.1 Å². The van der Waals surface area contributed by atoms with Crippen molar-refractivity contribution in [3.63, 3.8) is 0 Å². The molecule has 0 radical (unpaired) electrons. The topological polar surface area (TPSA) is 48.8 Å². The van der Waals surface area contributed by atoms with Gasteiger partial charge in [0.1, 0.15) is 27.2 Å². The Balaban J connectivity index is 1.19. The summed E-state index contributed by atoms with van der Waals surface area (Å²) >= 11 is 1.69. The van der Waals surface area contributed by atoms with E-state index in [1.807, 2.05) is 12.1 Å². The van der Waals surface area contributed by atoms with E-state index in [9.17, 15) is 0 Å². The molecule has 268 valence electrons. The van der Waals surface area contributed by atoms with Gasteiger partial charge in [-0.2, -0.15) is 0 Å². The van der Waals surface area contributed by atoms with Gasteiger partial charge in [-0.3, -0.25) is 4.57 Å². The van der Waals surface area contributed by atoms with Crippen molar-refractivity contribution in [1.29, 1.82) is 0 Å². The van der Waals surface area contributed by atoms with Crippen molar-refractivity contribution in [3.8, 4) is 45.0 Å². The molecule has 0 amide bonds. The molecule has 8 aromatic carbocycles. The molecule has 58 heavy (non-hydrogen) atoms. The van der Waals surface area contributed by atoms with Gasteiger partial charge in [-0.15, -0.1) is 11.3 Å². The van der Waals surface area contributed by atoms with Crippen LogP contribution in [0.25, 0.3) is 131 Å². The molecule has 1 aliphatic rings. The van der Waals surface area contributed by atoms with E-state index in [1.165, 1.54) is 65.2 Å². The molecule has 6 heterocycles. The molecule has 6 heteroatoms. The summed E-state index contributed by atoms with van der Waals surface area (Å²) in [6.07, 6.45) is 0. The molecule has 1 aliphatic heterocycles. The summed E-state index contributed by atoms with van der Waals surface area (Å²) in [6, 6.07) is 61.1. The van der Waals surface area contributed by atoms with Crippen LogP contribution in [0.2, 0.25) is 0 Å². The van der Waals surface area contributed by atoms with Gasteiger partial charge < -0.3 is 8.98 Å². The second-order valence-electron chi connectivity index (χ2n) is 15.3. The minimum absolute atomic E-state index is 0.790. The summed E-state index contributed by atoms with van der Waals surface area (Å²) in [5.41, 5.74) is 15.0. The second kappa shape index (κ2) is 11.1. The first-order valence-electron chi connectivity index (χ1n) is 19.6. The molecule has 5 aromatic heterocycles. The lowest BCUT2D eigenvalue weighted by Crippen LogP contribution is -2.03. The largest absolute Gasteiger partial charge is 0.456 e. The number of furan rings is 1. The summed E-state index contributed by atoms with van der Waals surface area (Å²) < 4.78 is 12.5. The molecule has 0 fully saturated rings. The Labute approximate surface area is 334 Å². The van der Waals surface area contributed by atoms with Gasteiger partial charge in [0.15, 0.2) is 5.82 Å². The molecule has 0 saturated heterocycles. The third-order valence-corrected chi connectivity index (χ3v) is 13.3. The zero-order valence-corrected chi connectivity index (χ0v) is 31.6. The van der Waals surface area contributed by atoms with E-state index in [4.69, 9.17) is 14.4 Å². The first kappa shape index (κ1) is 30.7. The lowest BCUT2D eigenvalue weighted by atomic mass is 9.91. The number of benzene rings is 8. The molecule has 0 saturated carbocycles. The summed E-state index contributed by atoms with van der Waals surface area (Å²) in [7, 11) is 0. The fraction of sp³-hybridized carbons (Fsp3) is 0. The molecular weight excluding hydrogens is 729 g/mol. The highest BCUT2D eigenvalue weighted by atomic mass is 32.1. The smallest absolute Gasteiger partial charge is 0.165 e. The molecule has 0 N–H and O–H groups in total. The van der Waals surface area contributed by atoms with Crippen molar-refractivity contribution in [2.24, 2.45) is 0 Å². The third kappa shape index (κ3) is 3.89. The standard InChI is InChI=1S/C52H28N4OS/c1-2-17-35-30(13-1)31-14-3-8-20-39(31)55-40-21-9-4-15-32(40)38-28-42-46(47(35)50(38)55)36-18-5-10-22-41(36)56(42)51-48(54-52-49(53-51)37-19-7-12-24-45(37)58-52)29-25-26-34-33-16-6-11-23-43(33)57-44(34)27-29/h1-28H. The summed E-state index contributed by atoms with van der Waals surface area (Å²) in [5, 5.41) is 8.09. The lowest BCUT2D eigenvalue weighted by Gasteiger charge is -2.14. The fourth-order valence-electron chi connectivity index (χ4n) is 9.88. The van der Waals surface area contributed by atoms with Crippen molar-refractivity contribution < 1.29 is 4.42 Å². The predicted octanol–water partition coefficient (Wildman–Crippen LogP) is 14.3. The van der Waals surface area contributed by atoms with E-state index in [0.717, 1.165) is 65.8 Å². The number of fused-ring (bicyclic) bond motifs is 18. The second-order valence-corrected chi connectivity index (χ2v) is 16.3. The Bertz CT molecular complexity index is 3940. The normalized spacial score (nSPS) is 12.5. The Morgan fingerprint density at radius 2 is 1.14 bits per heavy atom. The molecule has 0 bridgehead atoms. The van der Waals surface area contributed by atoms with Crippen molar-refractivity contribution in [2.75, 3.05) is 0 Å². The molecule has 0 unspecified atom stereocenters. The van der Waals surface area contributed by atoms with E-state index in [2.05, 4.69) is 167 Å². The van der Waals surface area contributed by atoms with Crippen molar-refractivity contribution in [2.45, 2.75) is 0 Å². The number of para-hydroxylation sites is 4. The predicted molar refractivity (Wildman–Crippen MR) is 241 cm³/mol. The third-order valence-electron chi connectivity index (χ3n) is 12.3. The summed E-state index contributed by atoms with van der Waals surface area (Å²) in [4.78, 5) is 12.2. The average molecular weight is 757 g/mol. The minimum atomic E-state index is 0.790. The Morgan fingerprint density at radius 3 is 2.02 bits per heavy atom. The highest BCUT2D eigenvalue weighted by molar-refractivity contribution is 7.25. The Hall–Kier alpha value is -7.54. The average Bonchev–Trinajstić information content (AvgIpc) is 4.00. The van der Waals surface area contributed by atoms with Crippen LogP contribution in [0.5, 0.6) is 0 Å². The molecule has 0 aliphatic carbocycles. The first-order valence-corrected chi connectivity index (χ1v) is 20.4. The first-order chi connectivity index (χ1) is 28.8. The highest BCUT2D eigenvalue weighted by Gasteiger charge is 2.30. The molecule has 13 aromatic rings. The zero-order valence-electron chi connectivity index (χ0n) is 30.8. The van der Waals surface area contributed by atoms with Gasteiger partial charge in [0.2, 0.25) is 0 Å². The van der Waals surface area contributed by atoms with Crippen LogP contribution in [0.15, 0.2) is 174 Å². The summed E-state index contributed by atoms with van der Waals surface area (Å²) in [5.74, 6) is 0.790. The summed E-state index contributed by atoms with van der Waals surface area (Å²) in [6.45, 7) is 0. The number of hydrogen-bond donors (Lipinski definition) is 0. The van der Waals surface area contributed by atoms with Crippen LogP contribution < -0.4 is 0 Å². The van der Waals surface area contributed by atoms with E-state index in [1.54, 1.807) is 11.3 Å². The van der Waals surface area contributed by atoms with Crippen molar-refractivity contribution in [3.05, 3.63) is 170 Å². The minimum Gasteiger partial charge on any atom is -0.456 e. The maximum atomic E-state index is 6.47. The van der Waals surface area contributed by atoms with E-state index in [-0.39, 0.29) is 0 Å². The zero-order chi connectivity index (χ0) is 37.6. The molecule has 5 nitrogen and oxygen atoms in total. The van der Waals surface area contributed by atoms with Gasteiger partial charge in [0.25, 0.3) is 0 Å². The number of rotatable bonds is 2. The lowest BCUT2D eigenvalue weighted by molar-refractivity contribution is 0.669. The fourth-order valence-corrected chi connectivity index (χ4v) is 10.9. The number of hydrogen-bond acceptors (Lipinski definition) is 4. The van der Waals surface area contributed by atoms with Crippen molar-refractivity contribution >= 4 is 97.3 Å². The van der Waals surface area contributed by atoms with Gasteiger partial charge in [-0.1, -0.05) is 121 Å². The quantitative estimate of drug-likeness (QED) is 0.176. The van der Waals surface area contributed by atoms with Crippen LogP contribution in [0.1, 0.15) is 0 Å². The molecule has 14 rings (SSSR count). The van der Waals surface area contributed by atoms with Crippen LogP contribution >= 0.6 is 11.3 Å². The van der Waals surface area contributed by atoms with Gasteiger partial charge in [-0.05, 0) is 59.7 Å². The Kier molecular flexibility index (Phi) is 5.85. The van der Waals surface area contributed by atoms with Gasteiger partial charge >= 0.3 is 0 Å². The van der Waals surface area contributed by atoms with E-state index in [0.29, 0.717) is 0 Å². The molecule has 0 atom stereocenters. The van der Waals surface area contributed by atoms with Gasteiger partial charge in [0, 0.05) is 59.1 Å². The van der Waals surface area contributed by atoms with E-state index < -0.39 is 0 Å². The van der Waals surface area contributed by atoms with Crippen LogP contribution in [0, 0.1) is 0 Å². The maximum absolute atomic E-state index is 6.47. The van der Waals surface area contributed by atoms with Gasteiger partial charge in [-0.25, -0.2) is 9.97 Å². The number of aromatic nitrogens is 4. The Morgan fingerprint density at radius 1 is 0.466 bits per heavy atom. The van der Waals surface area contributed by atoms with Gasteiger partial charge in [0.05, 0.1) is 27.8 Å². The van der Waals surface area contributed by atoms with Crippen LogP contribution in [0.3, 0.4) is 0 Å². The number of thiophene rings is 1.